The molecule has 0 radical (unpaired) electrons. The van der Waals surface area contributed by atoms with Crippen molar-refractivity contribution in [2.75, 3.05) is 0 Å². The van der Waals surface area contributed by atoms with Gasteiger partial charge < -0.3 is 0 Å². The number of aromatic nitrogens is 2. The maximum Gasteiger partial charge on any atom is 0.0635 e. The predicted molar refractivity (Wildman–Crippen MR) is 48.1 cm³/mol. The molecule has 0 atom stereocenters. The largest absolute Gasteiger partial charge is 0.156 e. The van der Waals surface area contributed by atoms with Crippen LogP contribution in [-0.2, 0) is 0 Å². The van der Waals surface area contributed by atoms with Gasteiger partial charge in [-0.2, -0.15) is 10.2 Å². The monoisotopic (exact) mass is 162 g/mol. The van der Waals surface area contributed by atoms with Crippen LogP contribution in [0.1, 0.15) is 42.1 Å². The third kappa shape index (κ3) is 1.22. The summed E-state index contributed by atoms with van der Waals surface area (Å²) in [5.41, 5.74) is 3.58. The van der Waals surface area contributed by atoms with Gasteiger partial charge in [0.2, 0.25) is 0 Å². The summed E-state index contributed by atoms with van der Waals surface area (Å²) < 4.78 is 0. The lowest BCUT2D eigenvalue weighted by Crippen LogP contribution is -2.12. The van der Waals surface area contributed by atoms with Crippen LogP contribution in [-0.4, -0.2) is 10.2 Å². The summed E-state index contributed by atoms with van der Waals surface area (Å²) >= 11 is 0. The van der Waals surface area contributed by atoms with Crippen LogP contribution in [0.15, 0.2) is 6.07 Å². The van der Waals surface area contributed by atoms with Crippen LogP contribution in [0.4, 0.5) is 0 Å². The van der Waals surface area contributed by atoms with Gasteiger partial charge in [-0.15, -0.1) is 0 Å². The first-order valence-corrected chi connectivity index (χ1v) is 4.58. The minimum absolute atomic E-state index is 0.777. The van der Waals surface area contributed by atoms with Crippen molar-refractivity contribution >= 4 is 0 Å². The lowest BCUT2D eigenvalue weighted by molar-refractivity contribution is 0.416. The van der Waals surface area contributed by atoms with Gasteiger partial charge in [0.25, 0.3) is 0 Å². The Morgan fingerprint density at radius 2 is 2.00 bits per heavy atom. The molecule has 1 saturated carbocycles. The van der Waals surface area contributed by atoms with E-state index in [-0.39, 0.29) is 0 Å². The Kier molecular flexibility index (Phi) is 1.83. The molecule has 0 amide bonds. The van der Waals surface area contributed by atoms with E-state index in [0.717, 1.165) is 17.3 Å². The van der Waals surface area contributed by atoms with Crippen LogP contribution in [0.5, 0.6) is 0 Å². The molecule has 0 spiro atoms. The van der Waals surface area contributed by atoms with Crippen molar-refractivity contribution in [2.45, 2.75) is 39.0 Å². The van der Waals surface area contributed by atoms with Gasteiger partial charge in [-0.25, -0.2) is 0 Å². The normalized spacial score (nSPS) is 17.5. The molecule has 0 unspecified atom stereocenters. The number of nitrogens with zero attached hydrogens (tertiary/aromatic N) is 2. The van der Waals surface area contributed by atoms with E-state index in [1.54, 1.807) is 0 Å². The highest BCUT2D eigenvalue weighted by atomic mass is 15.1. The topological polar surface area (TPSA) is 25.8 Å². The highest BCUT2D eigenvalue weighted by molar-refractivity contribution is 5.25. The predicted octanol–water partition coefficient (Wildman–Crippen LogP) is 2.36. The maximum absolute atomic E-state index is 4.13. The first-order chi connectivity index (χ1) is 5.77. The molecule has 0 aliphatic heterocycles. The Labute approximate surface area is 73.0 Å². The molecule has 0 N–H and O–H groups in total. The van der Waals surface area contributed by atoms with Gasteiger partial charge in [-0.05, 0) is 44.2 Å². The molecule has 0 bridgehead atoms. The lowest BCUT2D eigenvalue weighted by atomic mass is 9.79. The fourth-order valence-corrected chi connectivity index (χ4v) is 1.70. The summed E-state index contributed by atoms with van der Waals surface area (Å²) in [7, 11) is 0. The van der Waals surface area contributed by atoms with Gasteiger partial charge in [0, 0.05) is 0 Å². The zero-order chi connectivity index (χ0) is 8.55. The Balaban J connectivity index is 2.34. The zero-order valence-electron chi connectivity index (χ0n) is 7.67. The van der Waals surface area contributed by atoms with Gasteiger partial charge in [0.15, 0.2) is 0 Å². The molecule has 2 nitrogen and oxygen atoms in total. The SMILES string of the molecule is Cc1cc(C2CCC2)c(C)nn1. The average molecular weight is 162 g/mol. The smallest absolute Gasteiger partial charge is 0.0635 e. The highest BCUT2D eigenvalue weighted by Gasteiger charge is 2.21. The maximum atomic E-state index is 4.13. The molecule has 1 aliphatic carbocycles. The summed E-state index contributed by atoms with van der Waals surface area (Å²) in [6.45, 7) is 4.06. The van der Waals surface area contributed by atoms with E-state index in [1.807, 2.05) is 6.92 Å². The third-order valence-electron chi connectivity index (χ3n) is 2.68. The summed E-state index contributed by atoms with van der Waals surface area (Å²) in [5, 5.41) is 8.16. The van der Waals surface area contributed by atoms with Crippen LogP contribution in [0, 0.1) is 13.8 Å². The van der Waals surface area contributed by atoms with Crippen molar-refractivity contribution in [3.63, 3.8) is 0 Å². The molecule has 1 aromatic heterocycles. The molecule has 1 fully saturated rings. The first kappa shape index (κ1) is 7.71. The van der Waals surface area contributed by atoms with Gasteiger partial charge >= 0.3 is 0 Å². The molecule has 2 rings (SSSR count). The second kappa shape index (κ2) is 2.85. The van der Waals surface area contributed by atoms with Gasteiger partial charge in [0.05, 0.1) is 11.4 Å². The molecule has 1 heterocycles. The summed E-state index contributed by atoms with van der Waals surface area (Å²) in [5.74, 6) is 0.777. The minimum atomic E-state index is 0.777. The van der Waals surface area contributed by atoms with Crippen molar-refractivity contribution in [3.05, 3.63) is 23.0 Å². The number of hydrogen-bond acceptors (Lipinski definition) is 2. The van der Waals surface area contributed by atoms with Crippen LogP contribution >= 0.6 is 0 Å². The molecule has 1 aromatic rings. The summed E-state index contributed by atoms with van der Waals surface area (Å²) in [4.78, 5) is 0. The van der Waals surface area contributed by atoms with Crippen LogP contribution in [0.3, 0.4) is 0 Å². The Morgan fingerprint density at radius 1 is 1.25 bits per heavy atom. The van der Waals surface area contributed by atoms with Crippen molar-refractivity contribution in [1.82, 2.24) is 10.2 Å². The Morgan fingerprint density at radius 3 is 2.58 bits per heavy atom. The highest BCUT2D eigenvalue weighted by Crippen LogP contribution is 2.37. The molecule has 12 heavy (non-hydrogen) atoms. The van der Waals surface area contributed by atoms with E-state index in [2.05, 4.69) is 23.2 Å². The molecular weight excluding hydrogens is 148 g/mol. The van der Waals surface area contributed by atoms with Gasteiger partial charge in [0.1, 0.15) is 0 Å². The van der Waals surface area contributed by atoms with Gasteiger partial charge in [-0.1, -0.05) is 6.42 Å². The Hall–Kier alpha value is -0.920. The second-order valence-electron chi connectivity index (χ2n) is 3.65. The van der Waals surface area contributed by atoms with Crippen molar-refractivity contribution in [1.29, 1.82) is 0 Å². The fraction of sp³-hybridized carbons (Fsp3) is 0.600. The van der Waals surface area contributed by atoms with E-state index in [4.69, 9.17) is 0 Å². The third-order valence-corrected chi connectivity index (χ3v) is 2.68. The first-order valence-electron chi connectivity index (χ1n) is 4.58. The zero-order valence-corrected chi connectivity index (χ0v) is 7.67. The standard InChI is InChI=1S/C10H14N2/c1-7-6-10(8(2)12-11-7)9-4-3-5-9/h6,9H,3-5H2,1-2H3. The fourth-order valence-electron chi connectivity index (χ4n) is 1.70. The van der Waals surface area contributed by atoms with Crippen molar-refractivity contribution < 1.29 is 0 Å². The molecule has 0 aromatic carbocycles. The molecular formula is C10H14N2. The van der Waals surface area contributed by atoms with Gasteiger partial charge in [-0.3, -0.25) is 0 Å². The van der Waals surface area contributed by atoms with E-state index < -0.39 is 0 Å². The van der Waals surface area contributed by atoms with E-state index in [1.165, 1.54) is 24.8 Å². The van der Waals surface area contributed by atoms with Crippen LogP contribution < -0.4 is 0 Å². The quantitative estimate of drug-likeness (QED) is 0.633. The lowest BCUT2D eigenvalue weighted by Gasteiger charge is -2.26. The number of rotatable bonds is 1. The second-order valence-corrected chi connectivity index (χ2v) is 3.65. The molecule has 64 valence electrons. The summed E-state index contributed by atoms with van der Waals surface area (Å²) in [6, 6.07) is 2.19. The Bertz CT molecular complexity index is 290. The van der Waals surface area contributed by atoms with E-state index >= 15 is 0 Å². The van der Waals surface area contributed by atoms with Crippen molar-refractivity contribution in [2.24, 2.45) is 0 Å². The number of aryl methyl sites for hydroxylation is 2. The average Bonchev–Trinajstić information content (AvgIpc) is 1.93. The number of hydrogen-bond donors (Lipinski definition) is 0. The van der Waals surface area contributed by atoms with E-state index in [0.29, 0.717) is 0 Å². The summed E-state index contributed by atoms with van der Waals surface area (Å²) in [6.07, 6.45) is 4.06. The molecule has 2 heteroatoms. The van der Waals surface area contributed by atoms with Crippen LogP contribution in [0.25, 0.3) is 0 Å². The van der Waals surface area contributed by atoms with Crippen molar-refractivity contribution in [3.8, 4) is 0 Å². The van der Waals surface area contributed by atoms with E-state index in [9.17, 15) is 0 Å². The minimum Gasteiger partial charge on any atom is -0.156 e. The molecule has 1 aliphatic rings. The van der Waals surface area contributed by atoms with Crippen LogP contribution in [0.2, 0.25) is 0 Å². The molecule has 0 saturated heterocycles.